The van der Waals surface area contributed by atoms with E-state index in [9.17, 15) is 13.2 Å². The Bertz CT molecular complexity index is 1000. The van der Waals surface area contributed by atoms with E-state index >= 15 is 0 Å². The van der Waals surface area contributed by atoms with Crippen LogP contribution in [-0.4, -0.2) is 71.4 Å². The van der Waals surface area contributed by atoms with Gasteiger partial charge in [-0.15, -0.1) is 0 Å². The number of piperazine rings is 1. The monoisotopic (exact) mass is 461 g/mol. The molecule has 1 aliphatic rings. The van der Waals surface area contributed by atoms with E-state index in [0.29, 0.717) is 44.2 Å². The zero-order valence-corrected chi connectivity index (χ0v) is 19.8. The number of nitrogens with zero attached hydrogens (tertiary/aromatic N) is 3. The van der Waals surface area contributed by atoms with Gasteiger partial charge in [0.05, 0.1) is 25.7 Å². The summed E-state index contributed by atoms with van der Waals surface area (Å²) in [5, 5.41) is 0. The van der Waals surface area contributed by atoms with Crippen molar-refractivity contribution in [3.63, 3.8) is 0 Å². The van der Waals surface area contributed by atoms with Crippen molar-refractivity contribution in [1.29, 1.82) is 0 Å². The molecule has 0 N–H and O–H groups in total. The first-order valence-corrected chi connectivity index (χ1v) is 12.5. The summed E-state index contributed by atoms with van der Waals surface area (Å²) in [6.07, 6.45) is 1.12. The molecule has 2 aromatic carbocycles. The zero-order chi connectivity index (χ0) is 23.3. The summed E-state index contributed by atoms with van der Waals surface area (Å²) in [6.45, 7) is 6.43. The topological polar surface area (TPSA) is 79.4 Å². The lowest BCUT2D eigenvalue weighted by Crippen LogP contribution is -2.55. The van der Waals surface area contributed by atoms with Crippen LogP contribution in [0.2, 0.25) is 0 Å². The van der Waals surface area contributed by atoms with Gasteiger partial charge in [-0.25, -0.2) is 8.42 Å². The van der Waals surface area contributed by atoms with Gasteiger partial charge in [0.1, 0.15) is 17.5 Å². The molecule has 1 heterocycles. The molecule has 9 heteroatoms. The number of ether oxygens (including phenoxy) is 2. The molecular formula is C23H31N3O5S. The highest BCUT2D eigenvalue weighted by atomic mass is 32.2. The number of hydrogen-bond acceptors (Lipinski definition) is 6. The number of sulfonamides is 1. The molecule has 2 aromatic rings. The van der Waals surface area contributed by atoms with Crippen LogP contribution in [0, 0.1) is 0 Å². The molecule has 32 heavy (non-hydrogen) atoms. The van der Waals surface area contributed by atoms with Gasteiger partial charge in [0, 0.05) is 31.9 Å². The summed E-state index contributed by atoms with van der Waals surface area (Å²) in [6, 6.07) is 13.7. The third kappa shape index (κ3) is 5.45. The molecule has 8 nitrogen and oxygen atoms in total. The fourth-order valence-corrected chi connectivity index (χ4v) is 5.07. The number of carbonyl (C=O) groups is 1. The lowest BCUT2D eigenvalue weighted by molar-refractivity contribution is -0.132. The quantitative estimate of drug-likeness (QED) is 0.601. The van der Waals surface area contributed by atoms with Crippen LogP contribution >= 0.6 is 0 Å². The second-order valence-corrected chi connectivity index (χ2v) is 9.53. The van der Waals surface area contributed by atoms with Gasteiger partial charge in [0.15, 0.2) is 0 Å². The first-order valence-electron chi connectivity index (χ1n) is 10.6. The fraction of sp³-hybridized carbons (Fsp3) is 0.435. The highest BCUT2D eigenvalue weighted by Crippen LogP contribution is 2.26. The van der Waals surface area contributed by atoms with Crippen LogP contribution in [-0.2, 0) is 14.8 Å². The van der Waals surface area contributed by atoms with Gasteiger partial charge in [0.2, 0.25) is 15.9 Å². The van der Waals surface area contributed by atoms with Crippen molar-refractivity contribution >= 4 is 27.3 Å². The van der Waals surface area contributed by atoms with Crippen molar-refractivity contribution in [1.82, 2.24) is 4.90 Å². The minimum atomic E-state index is -3.66. The molecule has 1 amide bonds. The lowest BCUT2D eigenvalue weighted by Gasteiger charge is -2.39. The number of benzene rings is 2. The smallest absolute Gasteiger partial charge is 0.246 e. The van der Waals surface area contributed by atoms with E-state index in [4.69, 9.17) is 9.47 Å². The average Bonchev–Trinajstić information content (AvgIpc) is 2.79. The Morgan fingerprint density at radius 3 is 2.06 bits per heavy atom. The van der Waals surface area contributed by atoms with Crippen molar-refractivity contribution in [3.05, 3.63) is 48.5 Å². The van der Waals surface area contributed by atoms with Gasteiger partial charge >= 0.3 is 0 Å². The van der Waals surface area contributed by atoms with Crippen LogP contribution in [0.5, 0.6) is 11.5 Å². The minimum Gasteiger partial charge on any atom is -0.497 e. The van der Waals surface area contributed by atoms with Crippen LogP contribution in [0.15, 0.2) is 48.5 Å². The average molecular weight is 462 g/mol. The Labute approximate surface area is 190 Å². The van der Waals surface area contributed by atoms with Crippen LogP contribution in [0.1, 0.15) is 13.8 Å². The molecule has 0 unspecified atom stereocenters. The minimum absolute atomic E-state index is 0.210. The van der Waals surface area contributed by atoms with E-state index in [0.717, 1.165) is 17.7 Å². The molecule has 0 aromatic heterocycles. The molecule has 1 atom stereocenters. The van der Waals surface area contributed by atoms with Gasteiger partial charge in [-0.3, -0.25) is 9.10 Å². The summed E-state index contributed by atoms with van der Waals surface area (Å²) in [4.78, 5) is 17.2. The van der Waals surface area contributed by atoms with E-state index in [2.05, 4.69) is 4.90 Å². The van der Waals surface area contributed by atoms with Gasteiger partial charge in [-0.1, -0.05) is 0 Å². The molecule has 1 aliphatic heterocycles. The van der Waals surface area contributed by atoms with Crippen molar-refractivity contribution in [2.24, 2.45) is 0 Å². The van der Waals surface area contributed by atoms with Crippen LogP contribution < -0.4 is 18.7 Å². The van der Waals surface area contributed by atoms with Gasteiger partial charge < -0.3 is 19.3 Å². The Balaban J connectivity index is 1.69. The number of rotatable bonds is 8. The van der Waals surface area contributed by atoms with Crippen LogP contribution in [0.4, 0.5) is 11.4 Å². The largest absolute Gasteiger partial charge is 0.497 e. The first-order chi connectivity index (χ1) is 15.2. The maximum absolute atomic E-state index is 13.2. The highest BCUT2D eigenvalue weighted by molar-refractivity contribution is 7.92. The van der Waals surface area contributed by atoms with E-state index in [1.165, 1.54) is 4.31 Å². The lowest BCUT2D eigenvalue weighted by atomic mass is 10.2. The Kier molecular flexibility index (Phi) is 7.50. The normalized spacial score (nSPS) is 15.2. The van der Waals surface area contributed by atoms with Crippen molar-refractivity contribution < 1.29 is 22.7 Å². The van der Waals surface area contributed by atoms with Gasteiger partial charge in [0.25, 0.3) is 0 Å². The SMILES string of the molecule is CCOc1ccc(N([C@H](C)C(=O)N2CCN(c3ccc(OC)cc3)CC2)S(C)(=O)=O)cc1. The predicted octanol–water partition coefficient (Wildman–Crippen LogP) is 2.60. The summed E-state index contributed by atoms with van der Waals surface area (Å²) in [5.74, 6) is 1.24. The Hall–Kier alpha value is -2.94. The van der Waals surface area contributed by atoms with Crippen LogP contribution in [0.3, 0.4) is 0 Å². The highest BCUT2D eigenvalue weighted by Gasteiger charge is 2.33. The third-order valence-corrected chi connectivity index (χ3v) is 6.74. The van der Waals surface area contributed by atoms with E-state index in [-0.39, 0.29) is 5.91 Å². The molecule has 3 rings (SSSR count). The van der Waals surface area contributed by atoms with Gasteiger partial charge in [-0.2, -0.15) is 0 Å². The molecule has 0 radical (unpaired) electrons. The molecule has 0 bridgehead atoms. The summed E-state index contributed by atoms with van der Waals surface area (Å²) in [5.41, 5.74) is 1.51. The molecule has 0 aliphatic carbocycles. The number of amides is 1. The summed E-state index contributed by atoms with van der Waals surface area (Å²) < 4.78 is 37.0. The third-order valence-electron chi connectivity index (χ3n) is 5.50. The first kappa shape index (κ1) is 23.7. The number of methoxy groups -OCH3 is 1. The molecule has 1 fully saturated rings. The second kappa shape index (κ2) is 10.1. The number of carbonyl (C=O) groups excluding carboxylic acids is 1. The molecule has 0 saturated carbocycles. The second-order valence-electron chi connectivity index (χ2n) is 7.67. The number of hydrogen-bond donors (Lipinski definition) is 0. The van der Waals surface area contributed by atoms with Gasteiger partial charge in [-0.05, 0) is 62.4 Å². The molecule has 0 spiro atoms. The van der Waals surface area contributed by atoms with Crippen LogP contribution in [0.25, 0.3) is 0 Å². The summed E-state index contributed by atoms with van der Waals surface area (Å²) in [7, 11) is -2.03. The molecule has 174 valence electrons. The van der Waals surface area contributed by atoms with Crippen molar-refractivity contribution in [3.8, 4) is 11.5 Å². The Morgan fingerprint density at radius 2 is 1.56 bits per heavy atom. The maximum Gasteiger partial charge on any atom is 0.246 e. The predicted molar refractivity (Wildman–Crippen MR) is 126 cm³/mol. The standard InChI is InChI=1S/C23H31N3O5S/c1-5-31-22-12-8-20(9-13-22)26(32(4,28)29)18(2)23(27)25-16-14-24(15-17-25)19-6-10-21(30-3)11-7-19/h6-13,18H,5,14-17H2,1-4H3/t18-/m1/s1. The van der Waals surface area contributed by atoms with E-state index < -0.39 is 16.1 Å². The summed E-state index contributed by atoms with van der Waals surface area (Å²) >= 11 is 0. The van der Waals surface area contributed by atoms with Crippen molar-refractivity contribution in [2.45, 2.75) is 19.9 Å². The molecule has 1 saturated heterocycles. The molecular weight excluding hydrogens is 430 g/mol. The maximum atomic E-state index is 13.2. The van der Waals surface area contributed by atoms with Crippen molar-refractivity contribution in [2.75, 3.05) is 55.4 Å². The fourth-order valence-electron chi connectivity index (χ4n) is 3.90. The Morgan fingerprint density at radius 1 is 1.00 bits per heavy atom. The number of anilines is 2. The zero-order valence-electron chi connectivity index (χ0n) is 19.0. The van der Waals surface area contributed by atoms with E-state index in [1.54, 1.807) is 43.2 Å². The van der Waals surface area contributed by atoms with E-state index in [1.807, 2.05) is 31.2 Å².